The van der Waals surface area contributed by atoms with Gasteiger partial charge in [0.15, 0.2) is 0 Å². The molecule has 0 aromatic heterocycles. The maximum Gasteiger partial charge on any atom is 0.224 e. The molecule has 4 heteroatoms. The fourth-order valence-corrected chi connectivity index (χ4v) is 2.60. The predicted octanol–water partition coefficient (Wildman–Crippen LogP) is 3.35. The van der Waals surface area contributed by atoms with E-state index in [9.17, 15) is 4.79 Å². The van der Waals surface area contributed by atoms with Crippen LogP contribution in [0.5, 0.6) is 0 Å². The molecule has 0 aliphatic rings. The highest BCUT2D eigenvalue weighted by molar-refractivity contribution is 5.79. The minimum atomic E-state index is -0.161. The van der Waals surface area contributed by atoms with E-state index >= 15 is 0 Å². The minimum absolute atomic E-state index is 0.0242. The molecule has 0 aliphatic carbocycles. The third-order valence-electron chi connectivity index (χ3n) is 4.46. The topological polar surface area (TPSA) is 61.4 Å². The van der Waals surface area contributed by atoms with Crippen LogP contribution in [0, 0.1) is 13.8 Å². The summed E-state index contributed by atoms with van der Waals surface area (Å²) in [7, 11) is 0. The van der Waals surface area contributed by atoms with Crippen LogP contribution < -0.4 is 10.6 Å². The van der Waals surface area contributed by atoms with E-state index in [0.29, 0.717) is 6.42 Å². The quantitative estimate of drug-likeness (QED) is 0.691. The molecule has 0 aliphatic heterocycles. The van der Waals surface area contributed by atoms with Crippen molar-refractivity contribution in [1.29, 1.82) is 0 Å². The maximum absolute atomic E-state index is 12.0. The van der Waals surface area contributed by atoms with Gasteiger partial charge in [-0.05, 0) is 54.7 Å². The highest BCUT2D eigenvalue weighted by Gasteiger charge is 2.09. The SMILES string of the molecule is CCC(CO)NC(=O)Cc1ccc(NCc2ccc(C)c(C)c2)cc1. The van der Waals surface area contributed by atoms with Gasteiger partial charge in [0.1, 0.15) is 0 Å². The molecule has 2 aromatic carbocycles. The third-order valence-corrected chi connectivity index (χ3v) is 4.46. The summed E-state index contributed by atoms with van der Waals surface area (Å²) in [4.78, 5) is 12.0. The summed E-state index contributed by atoms with van der Waals surface area (Å²) in [5.41, 5.74) is 5.85. The number of nitrogens with one attached hydrogen (secondary N) is 2. The summed E-state index contributed by atoms with van der Waals surface area (Å²) in [5.74, 6) is -0.0586. The minimum Gasteiger partial charge on any atom is -0.394 e. The molecule has 2 aromatic rings. The van der Waals surface area contributed by atoms with Crippen LogP contribution in [0.15, 0.2) is 42.5 Å². The van der Waals surface area contributed by atoms with E-state index < -0.39 is 0 Å². The Kier molecular flexibility index (Phi) is 7.02. The second-order valence-electron chi connectivity index (χ2n) is 6.50. The van der Waals surface area contributed by atoms with Gasteiger partial charge in [-0.2, -0.15) is 0 Å². The van der Waals surface area contributed by atoms with Crippen LogP contribution in [0.25, 0.3) is 0 Å². The number of aryl methyl sites for hydroxylation is 2. The molecule has 1 unspecified atom stereocenters. The summed E-state index contributed by atoms with van der Waals surface area (Å²) in [6.45, 7) is 6.93. The zero-order chi connectivity index (χ0) is 18.2. The van der Waals surface area contributed by atoms with Crippen molar-refractivity contribution in [3.8, 4) is 0 Å². The Bertz CT molecular complexity index is 692. The van der Waals surface area contributed by atoms with Gasteiger partial charge in [-0.15, -0.1) is 0 Å². The number of carbonyl (C=O) groups excluding carboxylic acids is 1. The fourth-order valence-electron chi connectivity index (χ4n) is 2.60. The van der Waals surface area contributed by atoms with Crippen molar-refractivity contribution in [2.24, 2.45) is 0 Å². The van der Waals surface area contributed by atoms with Crippen LogP contribution in [-0.4, -0.2) is 23.7 Å². The van der Waals surface area contributed by atoms with Crippen molar-refractivity contribution in [2.45, 2.75) is 46.2 Å². The van der Waals surface area contributed by atoms with E-state index in [1.165, 1.54) is 16.7 Å². The molecule has 3 N–H and O–H groups in total. The Hall–Kier alpha value is -2.33. The van der Waals surface area contributed by atoms with E-state index in [4.69, 9.17) is 5.11 Å². The Morgan fingerprint density at radius 2 is 1.72 bits per heavy atom. The molecule has 25 heavy (non-hydrogen) atoms. The molecular weight excluding hydrogens is 312 g/mol. The highest BCUT2D eigenvalue weighted by atomic mass is 16.3. The largest absolute Gasteiger partial charge is 0.394 e. The second-order valence-corrected chi connectivity index (χ2v) is 6.50. The number of amides is 1. The molecule has 0 bridgehead atoms. The summed E-state index contributed by atoms with van der Waals surface area (Å²) in [6, 6.07) is 14.2. The van der Waals surface area contributed by atoms with Crippen LogP contribution in [0.3, 0.4) is 0 Å². The Balaban J connectivity index is 1.86. The van der Waals surface area contributed by atoms with Crippen LogP contribution >= 0.6 is 0 Å². The maximum atomic E-state index is 12.0. The van der Waals surface area contributed by atoms with E-state index in [-0.39, 0.29) is 18.6 Å². The number of benzene rings is 2. The normalized spacial score (nSPS) is 11.8. The first kappa shape index (κ1) is 19.0. The van der Waals surface area contributed by atoms with Gasteiger partial charge in [0.05, 0.1) is 19.1 Å². The van der Waals surface area contributed by atoms with Gasteiger partial charge >= 0.3 is 0 Å². The summed E-state index contributed by atoms with van der Waals surface area (Å²) < 4.78 is 0. The molecule has 134 valence electrons. The van der Waals surface area contributed by atoms with Crippen LogP contribution in [0.2, 0.25) is 0 Å². The molecule has 0 saturated carbocycles. The van der Waals surface area contributed by atoms with Gasteiger partial charge in [0.2, 0.25) is 5.91 Å². The lowest BCUT2D eigenvalue weighted by molar-refractivity contribution is -0.121. The fraction of sp³-hybridized carbons (Fsp3) is 0.381. The van der Waals surface area contributed by atoms with Crippen molar-refractivity contribution in [1.82, 2.24) is 5.32 Å². The van der Waals surface area contributed by atoms with Crippen molar-refractivity contribution in [3.05, 3.63) is 64.7 Å². The second kappa shape index (κ2) is 9.23. The molecule has 2 rings (SSSR count). The molecule has 0 radical (unpaired) electrons. The van der Waals surface area contributed by atoms with Crippen molar-refractivity contribution in [2.75, 3.05) is 11.9 Å². The standard InChI is InChI=1S/C21H28N2O2/c1-4-19(14-24)23-21(25)12-17-7-9-20(10-8-17)22-13-18-6-5-15(2)16(3)11-18/h5-11,19,22,24H,4,12-14H2,1-3H3,(H,23,25). The molecule has 0 spiro atoms. The monoisotopic (exact) mass is 340 g/mol. The lowest BCUT2D eigenvalue weighted by Crippen LogP contribution is -2.37. The third kappa shape index (κ3) is 5.91. The first-order valence-electron chi connectivity index (χ1n) is 8.81. The Morgan fingerprint density at radius 1 is 1.04 bits per heavy atom. The van der Waals surface area contributed by atoms with Crippen molar-refractivity contribution >= 4 is 11.6 Å². The first-order valence-corrected chi connectivity index (χ1v) is 8.81. The number of aliphatic hydroxyl groups excluding tert-OH is 1. The van der Waals surface area contributed by atoms with Crippen LogP contribution in [-0.2, 0) is 17.8 Å². The van der Waals surface area contributed by atoms with Gasteiger partial charge in [0, 0.05) is 12.2 Å². The molecule has 1 atom stereocenters. The van der Waals surface area contributed by atoms with Gasteiger partial charge < -0.3 is 15.7 Å². The van der Waals surface area contributed by atoms with E-state index in [0.717, 1.165) is 24.2 Å². The Morgan fingerprint density at radius 3 is 2.32 bits per heavy atom. The average Bonchev–Trinajstić information content (AvgIpc) is 2.62. The molecule has 0 fully saturated rings. The highest BCUT2D eigenvalue weighted by Crippen LogP contribution is 2.14. The van der Waals surface area contributed by atoms with Crippen molar-refractivity contribution in [3.63, 3.8) is 0 Å². The number of aliphatic hydroxyl groups is 1. The van der Waals surface area contributed by atoms with Gasteiger partial charge in [0.25, 0.3) is 0 Å². The molecule has 4 nitrogen and oxygen atoms in total. The number of hydrogen-bond acceptors (Lipinski definition) is 3. The molecule has 0 heterocycles. The molecule has 0 saturated heterocycles. The van der Waals surface area contributed by atoms with E-state index in [1.54, 1.807) is 0 Å². The zero-order valence-corrected chi connectivity index (χ0v) is 15.3. The molecular formula is C21H28N2O2. The lowest BCUT2D eigenvalue weighted by atomic mass is 10.1. The van der Waals surface area contributed by atoms with Crippen LogP contribution in [0.4, 0.5) is 5.69 Å². The summed E-state index contributed by atoms with van der Waals surface area (Å²) in [6.07, 6.45) is 1.05. The summed E-state index contributed by atoms with van der Waals surface area (Å²) >= 11 is 0. The number of anilines is 1. The summed E-state index contributed by atoms with van der Waals surface area (Å²) in [5, 5.41) is 15.4. The van der Waals surface area contributed by atoms with Crippen LogP contribution in [0.1, 0.15) is 35.6 Å². The first-order chi connectivity index (χ1) is 12.0. The van der Waals surface area contributed by atoms with Gasteiger partial charge in [-0.3, -0.25) is 4.79 Å². The number of rotatable bonds is 8. The van der Waals surface area contributed by atoms with Gasteiger partial charge in [-0.1, -0.05) is 37.3 Å². The van der Waals surface area contributed by atoms with Crippen molar-refractivity contribution < 1.29 is 9.90 Å². The van der Waals surface area contributed by atoms with Gasteiger partial charge in [-0.25, -0.2) is 0 Å². The average molecular weight is 340 g/mol. The zero-order valence-electron chi connectivity index (χ0n) is 15.3. The number of hydrogen-bond donors (Lipinski definition) is 3. The lowest BCUT2D eigenvalue weighted by Gasteiger charge is -2.14. The van der Waals surface area contributed by atoms with E-state index in [1.807, 2.05) is 31.2 Å². The number of carbonyl (C=O) groups is 1. The van der Waals surface area contributed by atoms with E-state index in [2.05, 4.69) is 42.7 Å². The smallest absolute Gasteiger partial charge is 0.224 e. The Labute approximate surface area is 150 Å². The molecule has 1 amide bonds. The predicted molar refractivity (Wildman–Crippen MR) is 103 cm³/mol.